The lowest BCUT2D eigenvalue weighted by Crippen LogP contribution is -2.33. The number of nitrogens with zero attached hydrogens (tertiary/aromatic N) is 3. The van der Waals surface area contributed by atoms with Crippen LogP contribution in [0.3, 0.4) is 0 Å². The fourth-order valence-corrected chi connectivity index (χ4v) is 2.60. The Bertz CT molecular complexity index is 593. The summed E-state index contributed by atoms with van der Waals surface area (Å²) in [5.41, 5.74) is 1.80. The fourth-order valence-electron chi connectivity index (χ4n) is 2.60. The van der Waals surface area contributed by atoms with E-state index in [1.807, 2.05) is 0 Å². The Morgan fingerprint density at radius 2 is 2.21 bits per heavy atom. The smallest absolute Gasteiger partial charge is 0.423 e. The number of aromatic nitrogens is 3. The molecule has 3 heterocycles. The predicted molar refractivity (Wildman–Crippen MR) is 70.9 cm³/mol. The van der Waals surface area contributed by atoms with E-state index in [0.717, 1.165) is 36.8 Å². The van der Waals surface area contributed by atoms with Gasteiger partial charge < -0.3 is 14.8 Å². The van der Waals surface area contributed by atoms with Crippen molar-refractivity contribution in [3.63, 3.8) is 0 Å². The first-order valence-corrected chi connectivity index (χ1v) is 6.49. The van der Waals surface area contributed by atoms with Crippen molar-refractivity contribution in [2.24, 2.45) is 0 Å². The molecular formula is C12H16BN3O3. The molecule has 1 fully saturated rings. The van der Waals surface area contributed by atoms with Gasteiger partial charge in [-0.3, -0.25) is 4.98 Å². The van der Waals surface area contributed by atoms with Crippen LogP contribution in [0.25, 0.3) is 10.9 Å². The van der Waals surface area contributed by atoms with Crippen LogP contribution >= 0.6 is 0 Å². The lowest BCUT2D eigenvalue weighted by atomic mass is 9.77. The van der Waals surface area contributed by atoms with Gasteiger partial charge in [-0.2, -0.15) is 5.10 Å². The molecule has 2 aromatic rings. The molecule has 0 aromatic carbocycles. The summed E-state index contributed by atoms with van der Waals surface area (Å²) in [5.74, 6) is 0. The fraction of sp³-hybridized carbons (Fsp3) is 0.500. The van der Waals surface area contributed by atoms with Crippen LogP contribution in [0.1, 0.15) is 31.2 Å². The Morgan fingerprint density at radius 1 is 1.37 bits per heavy atom. The van der Waals surface area contributed by atoms with Crippen molar-refractivity contribution < 1.29 is 14.8 Å². The molecule has 1 aliphatic heterocycles. The number of hydrogen-bond acceptors (Lipinski definition) is 5. The van der Waals surface area contributed by atoms with Crippen molar-refractivity contribution >= 4 is 23.5 Å². The molecule has 0 aliphatic carbocycles. The average molecular weight is 261 g/mol. The van der Waals surface area contributed by atoms with Gasteiger partial charge in [-0.05, 0) is 26.2 Å². The topological polar surface area (TPSA) is 80.4 Å². The van der Waals surface area contributed by atoms with Crippen LogP contribution in [0.2, 0.25) is 0 Å². The second-order valence-corrected chi connectivity index (χ2v) is 4.84. The van der Waals surface area contributed by atoms with Gasteiger partial charge in [0, 0.05) is 23.1 Å². The highest BCUT2D eigenvalue weighted by Gasteiger charge is 2.24. The van der Waals surface area contributed by atoms with E-state index in [4.69, 9.17) is 4.74 Å². The average Bonchev–Trinajstić information content (AvgIpc) is 2.82. The van der Waals surface area contributed by atoms with Crippen molar-refractivity contribution in [3.05, 3.63) is 18.1 Å². The van der Waals surface area contributed by atoms with Gasteiger partial charge in [0.2, 0.25) is 0 Å². The van der Waals surface area contributed by atoms with Crippen LogP contribution in [0, 0.1) is 6.92 Å². The highest BCUT2D eigenvalue weighted by Crippen LogP contribution is 2.25. The lowest BCUT2D eigenvalue weighted by Gasteiger charge is -2.23. The second kappa shape index (κ2) is 4.92. The Labute approximate surface area is 111 Å². The molecule has 6 nitrogen and oxygen atoms in total. The molecule has 0 spiro atoms. The summed E-state index contributed by atoms with van der Waals surface area (Å²) in [7, 11) is -1.54. The molecule has 0 amide bonds. The van der Waals surface area contributed by atoms with E-state index in [2.05, 4.69) is 10.1 Å². The van der Waals surface area contributed by atoms with Crippen LogP contribution in [0.5, 0.6) is 0 Å². The summed E-state index contributed by atoms with van der Waals surface area (Å²) in [4.78, 5) is 4.22. The minimum Gasteiger partial charge on any atom is -0.423 e. The normalized spacial score (nSPS) is 19.8. The number of aryl methyl sites for hydroxylation is 1. The molecule has 0 saturated carbocycles. The molecule has 1 atom stereocenters. The minimum absolute atomic E-state index is 0.0839. The van der Waals surface area contributed by atoms with Gasteiger partial charge in [-0.15, -0.1) is 0 Å². The summed E-state index contributed by atoms with van der Waals surface area (Å²) in [5, 5.41) is 24.0. The second-order valence-electron chi connectivity index (χ2n) is 4.84. The van der Waals surface area contributed by atoms with Crippen LogP contribution in [-0.2, 0) is 4.74 Å². The zero-order chi connectivity index (χ0) is 13.4. The third-order valence-corrected chi connectivity index (χ3v) is 3.58. The van der Waals surface area contributed by atoms with E-state index in [9.17, 15) is 10.0 Å². The van der Waals surface area contributed by atoms with E-state index < -0.39 is 7.12 Å². The largest absolute Gasteiger partial charge is 0.491 e. The molecule has 1 aliphatic rings. The number of hydrogen-bond donors (Lipinski definition) is 2. The van der Waals surface area contributed by atoms with E-state index >= 15 is 0 Å². The molecule has 0 bridgehead atoms. The first-order valence-electron chi connectivity index (χ1n) is 6.49. The van der Waals surface area contributed by atoms with Gasteiger partial charge in [-0.1, -0.05) is 0 Å². The van der Waals surface area contributed by atoms with E-state index in [1.54, 1.807) is 24.0 Å². The van der Waals surface area contributed by atoms with Crippen LogP contribution in [-0.4, -0.2) is 38.5 Å². The quantitative estimate of drug-likeness (QED) is 0.750. The maximum Gasteiger partial charge on any atom is 0.491 e. The number of pyridine rings is 1. The standard InChI is InChI=1S/C12H16BN3O3/c1-8-12(13(17)18)9-6-15-16(10(9)7-14-8)11-4-2-3-5-19-11/h6-7,11,17-18H,2-5H2,1H3. The van der Waals surface area contributed by atoms with Gasteiger partial charge in [0.25, 0.3) is 0 Å². The zero-order valence-electron chi connectivity index (χ0n) is 10.8. The molecular weight excluding hydrogens is 245 g/mol. The van der Waals surface area contributed by atoms with Gasteiger partial charge in [0.1, 0.15) is 0 Å². The van der Waals surface area contributed by atoms with E-state index in [-0.39, 0.29) is 6.23 Å². The third-order valence-electron chi connectivity index (χ3n) is 3.58. The maximum absolute atomic E-state index is 9.47. The van der Waals surface area contributed by atoms with Gasteiger partial charge in [0.15, 0.2) is 6.23 Å². The van der Waals surface area contributed by atoms with Crippen LogP contribution < -0.4 is 5.46 Å². The number of ether oxygens (including phenoxy) is 1. The van der Waals surface area contributed by atoms with Gasteiger partial charge in [-0.25, -0.2) is 4.68 Å². The first-order chi connectivity index (χ1) is 9.18. The Kier molecular flexibility index (Phi) is 3.26. The molecule has 2 N–H and O–H groups in total. The Balaban J connectivity index is 2.10. The van der Waals surface area contributed by atoms with Crippen LogP contribution in [0.15, 0.2) is 12.4 Å². The van der Waals surface area contributed by atoms with E-state index in [1.165, 1.54) is 0 Å². The third kappa shape index (κ3) is 2.14. The highest BCUT2D eigenvalue weighted by molar-refractivity contribution is 6.62. The zero-order valence-corrected chi connectivity index (χ0v) is 10.8. The molecule has 1 unspecified atom stereocenters. The van der Waals surface area contributed by atoms with Crippen molar-refractivity contribution in [3.8, 4) is 0 Å². The summed E-state index contributed by atoms with van der Waals surface area (Å²) in [6, 6.07) is 0. The lowest BCUT2D eigenvalue weighted by molar-refractivity contribution is -0.0367. The van der Waals surface area contributed by atoms with Crippen molar-refractivity contribution in [2.45, 2.75) is 32.4 Å². The molecule has 3 rings (SSSR count). The van der Waals surface area contributed by atoms with Gasteiger partial charge >= 0.3 is 7.12 Å². The molecule has 100 valence electrons. The SMILES string of the molecule is Cc1ncc2c(cnn2C2CCCCO2)c1B(O)O. The summed E-state index contributed by atoms with van der Waals surface area (Å²) >= 11 is 0. The number of fused-ring (bicyclic) bond motifs is 1. The minimum atomic E-state index is -1.54. The van der Waals surface area contributed by atoms with Gasteiger partial charge in [0.05, 0.1) is 17.9 Å². The van der Waals surface area contributed by atoms with Crippen molar-refractivity contribution in [1.29, 1.82) is 0 Å². The highest BCUT2D eigenvalue weighted by atomic mass is 16.5. The maximum atomic E-state index is 9.47. The van der Waals surface area contributed by atoms with Crippen molar-refractivity contribution in [1.82, 2.24) is 14.8 Å². The monoisotopic (exact) mass is 261 g/mol. The Hall–Kier alpha value is -1.44. The predicted octanol–water partition coefficient (Wildman–Crippen LogP) is 0.119. The Morgan fingerprint density at radius 3 is 2.89 bits per heavy atom. The molecule has 1 saturated heterocycles. The number of rotatable bonds is 2. The molecule has 0 radical (unpaired) electrons. The summed E-state index contributed by atoms with van der Waals surface area (Å²) < 4.78 is 7.49. The summed E-state index contributed by atoms with van der Waals surface area (Å²) in [6.45, 7) is 2.49. The summed E-state index contributed by atoms with van der Waals surface area (Å²) in [6.07, 6.45) is 6.38. The molecule has 7 heteroatoms. The molecule has 2 aromatic heterocycles. The van der Waals surface area contributed by atoms with Crippen LogP contribution in [0.4, 0.5) is 0 Å². The van der Waals surface area contributed by atoms with E-state index in [0.29, 0.717) is 11.2 Å². The molecule has 19 heavy (non-hydrogen) atoms. The van der Waals surface area contributed by atoms with Crippen molar-refractivity contribution in [2.75, 3.05) is 6.61 Å². The first kappa shape index (κ1) is 12.6.